The van der Waals surface area contributed by atoms with E-state index in [0.717, 1.165) is 20.3 Å². The second-order valence-electron chi connectivity index (χ2n) is 9.74. The molecule has 0 N–H and O–H groups in total. The first-order chi connectivity index (χ1) is 20.3. The van der Waals surface area contributed by atoms with E-state index >= 15 is 0 Å². The maximum Gasteiger partial charge on any atom is 0.338 e. The zero-order valence-corrected chi connectivity index (χ0v) is 26.8. The summed E-state index contributed by atoms with van der Waals surface area (Å²) in [5, 5.41) is 0. The highest BCUT2D eigenvalue weighted by Crippen LogP contribution is 2.35. The minimum atomic E-state index is -0.636. The van der Waals surface area contributed by atoms with E-state index in [-0.39, 0.29) is 5.56 Å². The van der Waals surface area contributed by atoms with Crippen molar-refractivity contribution in [2.24, 2.45) is 4.99 Å². The van der Waals surface area contributed by atoms with Crippen LogP contribution in [0.3, 0.4) is 0 Å². The Labute approximate surface area is 261 Å². The molecule has 0 aliphatic carbocycles. The third-order valence-corrected chi connectivity index (χ3v) is 8.64. The van der Waals surface area contributed by atoms with Gasteiger partial charge in [-0.3, -0.25) is 9.36 Å². The van der Waals surface area contributed by atoms with Gasteiger partial charge in [0.1, 0.15) is 6.61 Å². The molecule has 1 aromatic heterocycles. The standard InChI is InChI=1S/C33H31IN2O5S/c1-5-25-28(32(38)39-4)29(23-13-8-7-9-14-23)36-31(37)27(42-33(36)35-25)18-22-16-24(34)30(26(17-22)40-6-2)41-19-21-12-10-11-20(3)15-21/h7-18,29H,5-6,19H2,1-4H3/b27-18-/t29-/m0/s1. The molecular weight excluding hydrogens is 663 g/mol. The van der Waals surface area contributed by atoms with Gasteiger partial charge in [0, 0.05) is 0 Å². The molecule has 9 heteroatoms. The number of esters is 1. The smallest absolute Gasteiger partial charge is 0.338 e. The minimum absolute atomic E-state index is 0.225. The SMILES string of the molecule is CCOc1cc(/C=c2\sc3n(c2=O)[C@@H](c2ccccc2)C(C(=O)OC)=C(CC)N=3)cc(I)c1OCc1cccc(C)c1. The first-order valence-corrected chi connectivity index (χ1v) is 15.6. The Kier molecular flexibility index (Phi) is 9.27. The van der Waals surface area contributed by atoms with Crippen molar-refractivity contribution in [3.8, 4) is 11.5 Å². The third-order valence-electron chi connectivity index (χ3n) is 6.86. The molecule has 5 rings (SSSR count). The average Bonchev–Trinajstić information content (AvgIpc) is 3.30. The van der Waals surface area contributed by atoms with Crippen LogP contribution in [-0.4, -0.2) is 24.3 Å². The maximum absolute atomic E-state index is 14.0. The number of hydrogen-bond acceptors (Lipinski definition) is 7. The van der Waals surface area contributed by atoms with Gasteiger partial charge in [-0.1, -0.05) is 78.4 Å². The summed E-state index contributed by atoms with van der Waals surface area (Å²) in [4.78, 5) is 32.2. The molecule has 0 fully saturated rings. The van der Waals surface area contributed by atoms with E-state index in [9.17, 15) is 9.59 Å². The number of carbonyl (C=O) groups is 1. The van der Waals surface area contributed by atoms with Crippen molar-refractivity contribution in [1.82, 2.24) is 4.57 Å². The first-order valence-electron chi connectivity index (χ1n) is 13.7. The van der Waals surface area contributed by atoms with Gasteiger partial charge in [-0.2, -0.15) is 0 Å². The molecular formula is C33H31IN2O5S. The van der Waals surface area contributed by atoms with Gasteiger partial charge in [0.05, 0.1) is 39.1 Å². The summed E-state index contributed by atoms with van der Waals surface area (Å²) in [6, 6.07) is 20.9. The topological polar surface area (TPSA) is 79.1 Å². The Morgan fingerprint density at radius 3 is 2.55 bits per heavy atom. The van der Waals surface area contributed by atoms with E-state index in [2.05, 4.69) is 41.6 Å². The molecule has 0 spiro atoms. The number of halogens is 1. The molecule has 2 heterocycles. The summed E-state index contributed by atoms with van der Waals surface area (Å²) in [5.41, 5.74) is 4.64. The van der Waals surface area contributed by atoms with Crippen LogP contribution in [0.15, 0.2) is 87.8 Å². The molecule has 4 aromatic rings. The van der Waals surface area contributed by atoms with Crippen molar-refractivity contribution in [3.05, 3.63) is 124 Å². The molecule has 216 valence electrons. The zero-order chi connectivity index (χ0) is 29.8. The van der Waals surface area contributed by atoms with Gasteiger partial charge in [0.2, 0.25) is 0 Å². The fourth-order valence-electron chi connectivity index (χ4n) is 5.00. The van der Waals surface area contributed by atoms with Gasteiger partial charge in [0.25, 0.3) is 5.56 Å². The molecule has 1 aliphatic heterocycles. The van der Waals surface area contributed by atoms with E-state index in [4.69, 9.17) is 19.2 Å². The monoisotopic (exact) mass is 694 g/mol. The first kappa shape index (κ1) is 29.8. The number of nitrogens with zero attached hydrogens (tertiary/aromatic N) is 2. The van der Waals surface area contributed by atoms with E-state index in [0.29, 0.717) is 51.7 Å². The summed E-state index contributed by atoms with van der Waals surface area (Å²) < 4.78 is 20.3. The zero-order valence-electron chi connectivity index (χ0n) is 23.8. The quantitative estimate of drug-likeness (QED) is 0.166. The lowest BCUT2D eigenvalue weighted by Gasteiger charge is -2.25. The number of benzene rings is 3. The van der Waals surface area contributed by atoms with Crippen LogP contribution < -0.4 is 24.4 Å². The predicted octanol–water partition coefficient (Wildman–Crippen LogP) is 5.69. The molecule has 1 aliphatic rings. The number of ether oxygens (including phenoxy) is 3. The Hall–Kier alpha value is -3.70. The Bertz CT molecular complexity index is 1840. The number of aromatic nitrogens is 1. The van der Waals surface area contributed by atoms with Crippen LogP contribution in [0.25, 0.3) is 6.08 Å². The third kappa shape index (κ3) is 6.07. The van der Waals surface area contributed by atoms with Crippen molar-refractivity contribution in [2.75, 3.05) is 13.7 Å². The minimum Gasteiger partial charge on any atom is -0.490 e. The van der Waals surface area contributed by atoms with Gasteiger partial charge >= 0.3 is 5.97 Å². The Morgan fingerprint density at radius 2 is 1.86 bits per heavy atom. The molecule has 0 radical (unpaired) electrons. The molecule has 0 amide bonds. The van der Waals surface area contributed by atoms with Crippen LogP contribution in [-0.2, 0) is 16.1 Å². The molecule has 0 saturated heterocycles. The summed E-state index contributed by atoms with van der Waals surface area (Å²) in [6.45, 7) is 6.81. The summed E-state index contributed by atoms with van der Waals surface area (Å²) in [6.07, 6.45) is 2.37. The second kappa shape index (κ2) is 13.1. The van der Waals surface area contributed by atoms with E-state index in [1.807, 2.05) is 74.5 Å². The van der Waals surface area contributed by atoms with E-state index in [1.165, 1.54) is 24.0 Å². The summed E-state index contributed by atoms with van der Waals surface area (Å²) >= 11 is 3.54. The average molecular weight is 695 g/mol. The molecule has 7 nitrogen and oxygen atoms in total. The van der Waals surface area contributed by atoms with Gasteiger partial charge in [-0.25, -0.2) is 9.79 Å². The van der Waals surface area contributed by atoms with Gasteiger partial charge in [0.15, 0.2) is 16.3 Å². The number of thiazole rings is 1. The fourth-order valence-corrected chi connectivity index (χ4v) is 6.80. The number of hydrogen-bond donors (Lipinski definition) is 0. The molecule has 1 atom stereocenters. The molecule has 42 heavy (non-hydrogen) atoms. The van der Waals surface area contributed by atoms with Crippen molar-refractivity contribution in [3.63, 3.8) is 0 Å². The Balaban J connectivity index is 1.60. The maximum atomic E-state index is 14.0. The largest absolute Gasteiger partial charge is 0.490 e. The number of fused-ring (bicyclic) bond motifs is 1. The molecule has 0 saturated carbocycles. The molecule has 3 aromatic carbocycles. The Morgan fingerprint density at radius 1 is 1.07 bits per heavy atom. The highest BCUT2D eigenvalue weighted by Gasteiger charge is 2.33. The lowest BCUT2D eigenvalue weighted by molar-refractivity contribution is -0.136. The second-order valence-corrected chi connectivity index (χ2v) is 11.9. The lowest BCUT2D eigenvalue weighted by Crippen LogP contribution is -2.40. The number of methoxy groups -OCH3 is 1. The van der Waals surface area contributed by atoms with Crippen LogP contribution in [0.2, 0.25) is 0 Å². The van der Waals surface area contributed by atoms with Crippen LogP contribution in [0.1, 0.15) is 48.6 Å². The van der Waals surface area contributed by atoms with Gasteiger partial charge < -0.3 is 14.2 Å². The van der Waals surface area contributed by atoms with E-state index < -0.39 is 12.0 Å². The van der Waals surface area contributed by atoms with Crippen LogP contribution in [0.4, 0.5) is 0 Å². The fraction of sp³-hybridized carbons (Fsp3) is 0.242. The highest BCUT2D eigenvalue weighted by atomic mass is 127. The van der Waals surface area contributed by atoms with Crippen LogP contribution in [0.5, 0.6) is 11.5 Å². The summed E-state index contributed by atoms with van der Waals surface area (Å²) in [7, 11) is 1.35. The van der Waals surface area contributed by atoms with Crippen molar-refractivity contribution in [1.29, 1.82) is 0 Å². The molecule has 0 bridgehead atoms. The number of aryl methyl sites for hydroxylation is 1. The van der Waals surface area contributed by atoms with Crippen molar-refractivity contribution >= 4 is 46.0 Å². The van der Waals surface area contributed by atoms with Gasteiger partial charge in [-0.15, -0.1) is 0 Å². The predicted molar refractivity (Wildman–Crippen MR) is 173 cm³/mol. The van der Waals surface area contributed by atoms with Gasteiger partial charge in [-0.05, 0) is 77.8 Å². The number of allylic oxidation sites excluding steroid dienone is 1. The van der Waals surface area contributed by atoms with Crippen LogP contribution in [0, 0.1) is 10.5 Å². The highest BCUT2D eigenvalue weighted by molar-refractivity contribution is 14.1. The number of carbonyl (C=O) groups excluding carboxylic acids is 1. The summed E-state index contributed by atoms with van der Waals surface area (Å²) in [5.74, 6) is 0.785. The lowest BCUT2D eigenvalue weighted by atomic mass is 9.95. The number of rotatable bonds is 9. The van der Waals surface area contributed by atoms with Crippen molar-refractivity contribution < 1.29 is 19.0 Å². The molecule has 0 unspecified atom stereocenters. The van der Waals surface area contributed by atoms with E-state index in [1.54, 1.807) is 4.57 Å². The van der Waals surface area contributed by atoms with Crippen LogP contribution >= 0.6 is 33.9 Å². The van der Waals surface area contributed by atoms with Crippen molar-refractivity contribution in [2.45, 2.75) is 39.8 Å². The normalized spacial score (nSPS) is 14.8.